The molecule has 3 rings (SSSR count). The van der Waals surface area contributed by atoms with Crippen molar-refractivity contribution < 1.29 is 18.7 Å². The van der Waals surface area contributed by atoms with Crippen LogP contribution in [0.15, 0.2) is 59.7 Å². The van der Waals surface area contributed by atoms with E-state index < -0.39 is 5.91 Å². The molecular formula is C22H22FN3O3. The molecule has 0 saturated carbocycles. The van der Waals surface area contributed by atoms with Gasteiger partial charge in [-0.05, 0) is 44.2 Å². The molecule has 0 aliphatic carbocycles. The van der Waals surface area contributed by atoms with E-state index in [1.165, 1.54) is 19.4 Å². The second kappa shape index (κ2) is 9.05. The summed E-state index contributed by atoms with van der Waals surface area (Å²) in [5, 5.41) is 3.98. The Morgan fingerprint density at radius 2 is 1.83 bits per heavy atom. The van der Waals surface area contributed by atoms with Gasteiger partial charge in [0, 0.05) is 17.0 Å². The summed E-state index contributed by atoms with van der Waals surface area (Å²) in [5.41, 5.74) is 5.35. The zero-order valence-electron chi connectivity index (χ0n) is 16.5. The van der Waals surface area contributed by atoms with Gasteiger partial charge in [-0.2, -0.15) is 5.10 Å². The van der Waals surface area contributed by atoms with E-state index in [0.29, 0.717) is 17.2 Å². The molecule has 3 aromatic rings. The average Bonchev–Trinajstić information content (AvgIpc) is 3.00. The van der Waals surface area contributed by atoms with Crippen molar-refractivity contribution in [1.82, 2.24) is 9.99 Å². The van der Waals surface area contributed by atoms with Crippen LogP contribution in [0.3, 0.4) is 0 Å². The minimum absolute atomic E-state index is 0.202. The summed E-state index contributed by atoms with van der Waals surface area (Å²) in [6, 6.07) is 15.5. The summed E-state index contributed by atoms with van der Waals surface area (Å²) in [6.07, 6.45) is 1.53. The number of hydrazone groups is 1. The number of amides is 1. The number of nitrogens with zero attached hydrogens (tertiary/aromatic N) is 2. The largest absolute Gasteiger partial charge is 0.493 e. The SMILES string of the molecule is COc1ccccc1OCC(=O)N/N=C\c1cc(C)n(-c2ccccc2F)c1C. The van der Waals surface area contributed by atoms with E-state index in [1.54, 1.807) is 36.4 Å². The van der Waals surface area contributed by atoms with Gasteiger partial charge in [0.1, 0.15) is 5.82 Å². The van der Waals surface area contributed by atoms with Crippen molar-refractivity contribution in [3.05, 3.63) is 77.4 Å². The van der Waals surface area contributed by atoms with Crippen molar-refractivity contribution in [2.45, 2.75) is 13.8 Å². The smallest absolute Gasteiger partial charge is 0.277 e. The number of aryl methyl sites for hydroxylation is 1. The van der Waals surface area contributed by atoms with Crippen LogP contribution in [0.4, 0.5) is 4.39 Å². The molecule has 0 aliphatic rings. The zero-order valence-corrected chi connectivity index (χ0v) is 16.5. The number of hydrogen-bond donors (Lipinski definition) is 1. The molecule has 0 saturated heterocycles. The summed E-state index contributed by atoms with van der Waals surface area (Å²) in [5.74, 6) is 0.307. The highest BCUT2D eigenvalue weighted by molar-refractivity contribution is 5.84. The van der Waals surface area contributed by atoms with Crippen LogP contribution in [0.2, 0.25) is 0 Å². The van der Waals surface area contributed by atoms with Gasteiger partial charge >= 0.3 is 0 Å². The Labute approximate surface area is 168 Å². The molecule has 0 atom stereocenters. The van der Waals surface area contributed by atoms with Crippen LogP contribution in [0.25, 0.3) is 5.69 Å². The summed E-state index contributed by atoms with van der Waals surface area (Å²) >= 11 is 0. The molecule has 1 aromatic heterocycles. The highest BCUT2D eigenvalue weighted by atomic mass is 19.1. The van der Waals surface area contributed by atoms with Crippen molar-refractivity contribution in [3.8, 4) is 17.2 Å². The normalized spacial score (nSPS) is 10.9. The molecule has 29 heavy (non-hydrogen) atoms. The second-order valence-corrected chi connectivity index (χ2v) is 6.35. The van der Waals surface area contributed by atoms with E-state index in [2.05, 4.69) is 10.5 Å². The van der Waals surface area contributed by atoms with Gasteiger partial charge in [-0.25, -0.2) is 9.82 Å². The average molecular weight is 395 g/mol. The molecule has 2 aromatic carbocycles. The summed E-state index contributed by atoms with van der Waals surface area (Å²) in [7, 11) is 1.53. The highest BCUT2D eigenvalue weighted by Gasteiger charge is 2.12. The second-order valence-electron chi connectivity index (χ2n) is 6.35. The number of nitrogens with one attached hydrogen (secondary N) is 1. The lowest BCUT2D eigenvalue weighted by Gasteiger charge is -2.10. The number of hydrogen-bond acceptors (Lipinski definition) is 4. The lowest BCUT2D eigenvalue weighted by atomic mass is 10.2. The van der Waals surface area contributed by atoms with Crippen LogP contribution in [0.1, 0.15) is 17.0 Å². The van der Waals surface area contributed by atoms with Gasteiger partial charge in [-0.3, -0.25) is 4.79 Å². The number of aromatic nitrogens is 1. The number of ether oxygens (including phenoxy) is 2. The molecule has 0 bridgehead atoms. The van der Waals surface area contributed by atoms with Gasteiger partial charge < -0.3 is 14.0 Å². The van der Waals surface area contributed by atoms with E-state index in [9.17, 15) is 9.18 Å². The first-order valence-corrected chi connectivity index (χ1v) is 9.03. The minimum atomic E-state index is -0.407. The first-order chi connectivity index (χ1) is 14.0. The number of carbonyl (C=O) groups is 1. The fourth-order valence-corrected chi connectivity index (χ4v) is 3.01. The van der Waals surface area contributed by atoms with E-state index in [4.69, 9.17) is 9.47 Å². The predicted octanol–water partition coefficient (Wildman–Crippen LogP) is 3.77. The van der Waals surface area contributed by atoms with Gasteiger partial charge in [0.05, 0.1) is 19.0 Å². The van der Waals surface area contributed by atoms with Gasteiger partial charge in [0.2, 0.25) is 0 Å². The maximum Gasteiger partial charge on any atom is 0.277 e. The molecule has 150 valence electrons. The Morgan fingerprint density at radius 1 is 1.14 bits per heavy atom. The topological polar surface area (TPSA) is 64.8 Å². The third-order valence-corrected chi connectivity index (χ3v) is 4.38. The first kappa shape index (κ1) is 20.1. The fourth-order valence-electron chi connectivity index (χ4n) is 3.01. The van der Waals surface area contributed by atoms with Gasteiger partial charge in [-0.1, -0.05) is 24.3 Å². The van der Waals surface area contributed by atoms with Gasteiger partial charge in [0.25, 0.3) is 5.91 Å². The van der Waals surface area contributed by atoms with E-state index in [1.807, 2.05) is 30.5 Å². The van der Waals surface area contributed by atoms with Crippen molar-refractivity contribution in [2.24, 2.45) is 5.10 Å². The van der Waals surface area contributed by atoms with Crippen molar-refractivity contribution in [2.75, 3.05) is 13.7 Å². The third-order valence-electron chi connectivity index (χ3n) is 4.38. The molecular weight excluding hydrogens is 373 g/mol. The monoisotopic (exact) mass is 395 g/mol. The quantitative estimate of drug-likeness (QED) is 0.489. The third kappa shape index (κ3) is 4.63. The lowest BCUT2D eigenvalue weighted by molar-refractivity contribution is -0.123. The van der Waals surface area contributed by atoms with Crippen LogP contribution in [0, 0.1) is 19.7 Å². The predicted molar refractivity (Wildman–Crippen MR) is 109 cm³/mol. The van der Waals surface area contributed by atoms with Crippen LogP contribution < -0.4 is 14.9 Å². The molecule has 0 fully saturated rings. The molecule has 1 amide bonds. The number of benzene rings is 2. The van der Waals surface area contributed by atoms with E-state index >= 15 is 0 Å². The minimum Gasteiger partial charge on any atom is -0.493 e. The fraction of sp³-hybridized carbons (Fsp3) is 0.182. The van der Waals surface area contributed by atoms with Gasteiger partial charge in [0.15, 0.2) is 18.1 Å². The molecule has 0 aliphatic heterocycles. The molecule has 1 N–H and O–H groups in total. The van der Waals surface area contributed by atoms with Gasteiger partial charge in [-0.15, -0.1) is 0 Å². The number of methoxy groups -OCH3 is 1. The Kier molecular flexibility index (Phi) is 6.29. The maximum atomic E-state index is 14.1. The Hall–Kier alpha value is -3.61. The summed E-state index contributed by atoms with van der Waals surface area (Å²) < 4.78 is 26.6. The first-order valence-electron chi connectivity index (χ1n) is 9.03. The molecule has 1 heterocycles. The lowest BCUT2D eigenvalue weighted by Crippen LogP contribution is -2.24. The maximum absolute atomic E-state index is 14.1. The number of carbonyl (C=O) groups excluding carboxylic acids is 1. The Bertz CT molecular complexity index is 1040. The molecule has 7 heteroatoms. The molecule has 0 unspecified atom stereocenters. The van der Waals surface area contributed by atoms with E-state index in [-0.39, 0.29) is 12.4 Å². The van der Waals surface area contributed by atoms with Crippen molar-refractivity contribution >= 4 is 12.1 Å². The molecule has 6 nitrogen and oxygen atoms in total. The highest BCUT2D eigenvalue weighted by Crippen LogP contribution is 2.25. The summed E-state index contributed by atoms with van der Waals surface area (Å²) in [6.45, 7) is 3.55. The van der Waals surface area contributed by atoms with Crippen molar-refractivity contribution in [3.63, 3.8) is 0 Å². The van der Waals surface area contributed by atoms with E-state index in [0.717, 1.165) is 17.0 Å². The van der Waals surface area contributed by atoms with Crippen LogP contribution >= 0.6 is 0 Å². The Morgan fingerprint density at radius 3 is 2.55 bits per heavy atom. The van der Waals surface area contributed by atoms with Crippen LogP contribution in [-0.2, 0) is 4.79 Å². The molecule has 0 radical (unpaired) electrons. The zero-order chi connectivity index (χ0) is 20.8. The Balaban J connectivity index is 1.64. The number of para-hydroxylation sites is 3. The van der Waals surface area contributed by atoms with Crippen LogP contribution in [-0.4, -0.2) is 30.4 Å². The van der Waals surface area contributed by atoms with Crippen molar-refractivity contribution in [1.29, 1.82) is 0 Å². The summed E-state index contributed by atoms with van der Waals surface area (Å²) in [4.78, 5) is 12.0. The number of halogens is 1. The standard InChI is InChI=1S/C22H22FN3O3/c1-15-12-17(16(2)26(15)19-9-5-4-8-18(19)23)13-24-25-22(27)14-29-21-11-7-6-10-20(21)28-3/h4-13H,14H2,1-3H3,(H,25,27)/b24-13-. The number of rotatable bonds is 7. The molecule has 0 spiro atoms. The van der Waals surface area contributed by atoms with Crippen LogP contribution in [0.5, 0.6) is 11.5 Å².